The van der Waals surface area contributed by atoms with Crippen molar-refractivity contribution in [2.24, 2.45) is 10.8 Å². The molecule has 26 heavy (non-hydrogen) atoms. The Balaban J connectivity index is 2.39. The largest absolute Gasteiger partial charge is 0.382 e. The lowest BCUT2D eigenvalue weighted by atomic mass is 10.1. The molecule has 0 radical (unpaired) electrons. The van der Waals surface area contributed by atoms with Gasteiger partial charge in [0.05, 0.1) is 16.2 Å². The Hall–Kier alpha value is -4.26. The first-order valence-electron chi connectivity index (χ1n) is 7.15. The van der Waals surface area contributed by atoms with Crippen molar-refractivity contribution in [2.75, 3.05) is 10.7 Å². The first-order chi connectivity index (χ1) is 12.4. The number of amidine groups is 1. The number of benzene rings is 2. The lowest BCUT2D eigenvalue weighted by Gasteiger charge is -2.10. The van der Waals surface area contributed by atoms with E-state index in [-0.39, 0.29) is 16.9 Å². The molecule has 1 amide bonds. The maximum atomic E-state index is 12.5. The number of carbonyl (C=O) groups is 1. The van der Waals surface area contributed by atoms with Crippen molar-refractivity contribution in [3.63, 3.8) is 0 Å². The molecule has 0 fully saturated rings. The highest BCUT2D eigenvalue weighted by atomic mass is 16.6. The van der Waals surface area contributed by atoms with Crippen LogP contribution in [0, 0.1) is 26.9 Å². The average molecular weight is 351 g/mol. The lowest BCUT2D eigenvalue weighted by molar-refractivity contribution is -0.384. The van der Waals surface area contributed by atoms with Gasteiger partial charge >= 0.3 is 0 Å². The van der Waals surface area contributed by atoms with Crippen molar-refractivity contribution in [2.45, 2.75) is 0 Å². The minimum Gasteiger partial charge on any atom is -0.382 e. The van der Waals surface area contributed by atoms with Crippen LogP contribution < -0.4 is 16.5 Å². The minimum absolute atomic E-state index is 0.0624. The second-order valence-corrected chi connectivity index (χ2v) is 4.90. The van der Waals surface area contributed by atoms with Gasteiger partial charge in [-0.15, -0.1) is 0 Å². The third kappa shape index (κ3) is 4.39. The summed E-state index contributed by atoms with van der Waals surface area (Å²) in [6.07, 6.45) is 0. The number of amides is 1. The van der Waals surface area contributed by atoms with Gasteiger partial charge in [-0.3, -0.25) is 25.7 Å². The molecule has 0 saturated carbocycles. The van der Waals surface area contributed by atoms with Gasteiger partial charge in [0, 0.05) is 17.8 Å². The molecule has 0 aliphatic heterocycles. The van der Waals surface area contributed by atoms with E-state index in [1.54, 1.807) is 36.4 Å². The Morgan fingerprint density at radius 2 is 1.96 bits per heavy atom. The molecule has 2 rings (SSSR count). The number of nitro groups is 1. The summed E-state index contributed by atoms with van der Waals surface area (Å²) >= 11 is 0. The Morgan fingerprint density at radius 3 is 2.54 bits per heavy atom. The number of rotatable bonds is 6. The van der Waals surface area contributed by atoms with E-state index in [9.17, 15) is 14.9 Å². The van der Waals surface area contributed by atoms with E-state index in [4.69, 9.17) is 16.4 Å². The molecule has 0 unspecified atom stereocenters. The van der Waals surface area contributed by atoms with Crippen LogP contribution in [0.4, 0.5) is 17.1 Å². The van der Waals surface area contributed by atoms with Gasteiger partial charge < -0.3 is 11.1 Å². The van der Waals surface area contributed by atoms with Gasteiger partial charge in [0.2, 0.25) is 5.71 Å². The summed E-state index contributed by atoms with van der Waals surface area (Å²) in [5.41, 5.74) is 7.50. The zero-order valence-corrected chi connectivity index (χ0v) is 13.3. The molecule has 0 heterocycles. The number of para-hydroxylation sites is 1. The van der Waals surface area contributed by atoms with Crippen LogP contribution in [0.3, 0.4) is 0 Å². The number of hydrogen-bond acceptors (Lipinski definition) is 7. The summed E-state index contributed by atoms with van der Waals surface area (Å²) in [5, 5.41) is 33.3. The Kier molecular flexibility index (Phi) is 5.58. The fourth-order valence-electron chi connectivity index (χ4n) is 1.91. The van der Waals surface area contributed by atoms with Crippen LogP contribution in [0.15, 0.2) is 53.6 Å². The monoisotopic (exact) mass is 351 g/mol. The fourth-order valence-corrected chi connectivity index (χ4v) is 1.91. The standard InChI is InChI=1S/C16H13N7O3/c17-9-14(15(18)19)22-21-13-7-6-11(23(25)26)8-12(13)16(24)20-10-4-2-1-3-5-10/h1-8,21H,(H3,18,19)(H,20,24)/b22-14+. The van der Waals surface area contributed by atoms with Gasteiger partial charge in [0.25, 0.3) is 11.6 Å². The normalized spacial score (nSPS) is 10.5. The van der Waals surface area contributed by atoms with Crippen LogP contribution in [0.25, 0.3) is 0 Å². The third-order valence-electron chi connectivity index (χ3n) is 3.14. The highest BCUT2D eigenvalue weighted by Crippen LogP contribution is 2.23. The zero-order valence-electron chi connectivity index (χ0n) is 13.3. The van der Waals surface area contributed by atoms with Crippen molar-refractivity contribution < 1.29 is 9.72 Å². The van der Waals surface area contributed by atoms with E-state index in [1.807, 2.05) is 0 Å². The zero-order chi connectivity index (χ0) is 19.1. The smallest absolute Gasteiger partial charge is 0.270 e. The average Bonchev–Trinajstić information content (AvgIpc) is 2.62. The van der Waals surface area contributed by atoms with Crippen molar-refractivity contribution >= 4 is 34.5 Å². The quantitative estimate of drug-likeness (QED) is 0.268. The topological polar surface area (TPSA) is 170 Å². The molecule has 0 aromatic heterocycles. The predicted molar refractivity (Wildman–Crippen MR) is 96.1 cm³/mol. The van der Waals surface area contributed by atoms with Gasteiger partial charge in [-0.05, 0) is 18.2 Å². The molecule has 10 nitrogen and oxygen atoms in total. The molecule has 0 spiro atoms. The van der Waals surface area contributed by atoms with Gasteiger partial charge in [0.1, 0.15) is 6.07 Å². The van der Waals surface area contributed by atoms with Gasteiger partial charge in [-0.1, -0.05) is 18.2 Å². The number of nitro benzene ring substituents is 1. The number of anilines is 2. The van der Waals surface area contributed by atoms with Gasteiger partial charge in [0.15, 0.2) is 5.84 Å². The van der Waals surface area contributed by atoms with E-state index in [1.165, 1.54) is 12.1 Å². The van der Waals surface area contributed by atoms with Crippen molar-refractivity contribution in [1.29, 1.82) is 10.7 Å². The number of carbonyl (C=O) groups excluding carboxylic acids is 1. The Labute approximate surface area is 147 Å². The molecule has 130 valence electrons. The summed E-state index contributed by atoms with van der Waals surface area (Å²) in [7, 11) is 0. The summed E-state index contributed by atoms with van der Waals surface area (Å²) in [6.45, 7) is 0. The Bertz CT molecular complexity index is 933. The number of nitrogens with one attached hydrogen (secondary N) is 3. The summed E-state index contributed by atoms with van der Waals surface area (Å²) in [4.78, 5) is 22.9. The number of nitrogens with two attached hydrogens (primary N) is 1. The van der Waals surface area contributed by atoms with Gasteiger partial charge in [-0.2, -0.15) is 10.4 Å². The molecule has 5 N–H and O–H groups in total. The molecule has 0 saturated heterocycles. The van der Waals surface area contributed by atoms with Crippen LogP contribution in [0.2, 0.25) is 0 Å². The highest BCUT2D eigenvalue weighted by molar-refractivity contribution is 6.45. The van der Waals surface area contributed by atoms with E-state index in [0.29, 0.717) is 5.69 Å². The SMILES string of the molecule is N#C/C(=N\Nc1ccc([N+](=O)[O-])cc1C(=O)Nc1ccccc1)C(=N)N. The number of non-ortho nitro benzene ring substituents is 1. The number of hydrazone groups is 1. The molecule has 0 atom stereocenters. The van der Waals surface area contributed by atoms with E-state index < -0.39 is 22.4 Å². The second-order valence-electron chi connectivity index (χ2n) is 4.90. The molecule has 10 heteroatoms. The van der Waals surface area contributed by atoms with Crippen molar-refractivity contribution in [3.05, 3.63) is 64.2 Å². The van der Waals surface area contributed by atoms with Crippen LogP contribution in [-0.4, -0.2) is 22.4 Å². The molecule has 0 aliphatic carbocycles. The van der Waals surface area contributed by atoms with Crippen LogP contribution in [0.1, 0.15) is 10.4 Å². The molecule has 2 aromatic carbocycles. The summed E-state index contributed by atoms with van der Waals surface area (Å²) < 4.78 is 0. The number of nitrogens with zero attached hydrogens (tertiary/aromatic N) is 3. The first-order valence-corrected chi connectivity index (χ1v) is 7.15. The molecule has 0 bridgehead atoms. The maximum absolute atomic E-state index is 12.5. The molecular formula is C16H13N7O3. The highest BCUT2D eigenvalue weighted by Gasteiger charge is 2.17. The second kappa shape index (κ2) is 8.02. The summed E-state index contributed by atoms with van der Waals surface area (Å²) in [6, 6.07) is 13.7. The molecular weight excluding hydrogens is 338 g/mol. The number of nitriles is 1. The summed E-state index contributed by atoms with van der Waals surface area (Å²) in [5.74, 6) is -1.17. The lowest BCUT2D eigenvalue weighted by Crippen LogP contribution is -2.22. The molecule has 0 aliphatic rings. The number of hydrogen-bond donors (Lipinski definition) is 4. The fraction of sp³-hybridized carbons (Fsp3) is 0. The van der Waals surface area contributed by atoms with E-state index in [0.717, 1.165) is 6.07 Å². The molecule has 2 aromatic rings. The Morgan fingerprint density at radius 1 is 1.27 bits per heavy atom. The van der Waals surface area contributed by atoms with Crippen molar-refractivity contribution in [3.8, 4) is 6.07 Å². The van der Waals surface area contributed by atoms with Crippen LogP contribution >= 0.6 is 0 Å². The van der Waals surface area contributed by atoms with Crippen LogP contribution in [0.5, 0.6) is 0 Å². The predicted octanol–water partition coefficient (Wildman–Crippen LogP) is 2.07. The minimum atomic E-state index is -0.636. The maximum Gasteiger partial charge on any atom is 0.270 e. The van der Waals surface area contributed by atoms with Gasteiger partial charge in [-0.25, -0.2) is 0 Å². The van der Waals surface area contributed by atoms with E-state index >= 15 is 0 Å². The van der Waals surface area contributed by atoms with Crippen molar-refractivity contribution in [1.82, 2.24) is 0 Å². The first kappa shape index (κ1) is 18.1. The van der Waals surface area contributed by atoms with E-state index in [2.05, 4.69) is 15.8 Å². The van der Waals surface area contributed by atoms with Crippen LogP contribution in [-0.2, 0) is 0 Å². The third-order valence-corrected chi connectivity index (χ3v) is 3.14.